The van der Waals surface area contributed by atoms with Crippen molar-refractivity contribution >= 4 is 27.3 Å². The molecular weight excluding hydrogens is 372 g/mol. The maximum atomic E-state index is 12.7. The van der Waals surface area contributed by atoms with Crippen LogP contribution in [0.4, 0.5) is 0 Å². The molecule has 0 radical (unpaired) electrons. The second-order valence-electron chi connectivity index (χ2n) is 6.15. The average molecular weight is 389 g/mol. The molecule has 1 aliphatic heterocycles. The highest BCUT2D eigenvalue weighted by Crippen LogP contribution is 2.34. The van der Waals surface area contributed by atoms with E-state index in [1.807, 2.05) is 6.07 Å². The Bertz CT molecular complexity index is 965. The number of carbonyl (C=O) groups is 1. The van der Waals surface area contributed by atoms with Crippen LogP contribution in [0.5, 0.6) is 0 Å². The summed E-state index contributed by atoms with van der Waals surface area (Å²) >= 11 is 6.19. The molecule has 0 spiro atoms. The summed E-state index contributed by atoms with van der Waals surface area (Å²) < 4.78 is 25.4. The molecule has 1 atom stereocenters. The Kier molecular flexibility index (Phi) is 5.30. The topological polar surface area (TPSA) is 78.2 Å². The molecule has 1 saturated heterocycles. The Labute approximate surface area is 157 Å². The summed E-state index contributed by atoms with van der Waals surface area (Å²) in [4.78, 5) is 14.2. The molecule has 134 valence electrons. The van der Waals surface area contributed by atoms with E-state index in [-0.39, 0.29) is 18.2 Å². The number of hydrogen-bond acceptors (Lipinski definition) is 4. The fourth-order valence-corrected chi connectivity index (χ4v) is 5.25. The highest BCUT2D eigenvalue weighted by atomic mass is 35.5. The first kappa shape index (κ1) is 18.4. The van der Waals surface area contributed by atoms with Gasteiger partial charge >= 0.3 is 0 Å². The smallest absolute Gasteiger partial charge is 0.253 e. The normalized spacial score (nSPS) is 19.4. The Morgan fingerprint density at radius 2 is 1.81 bits per heavy atom. The zero-order valence-corrected chi connectivity index (χ0v) is 15.5. The van der Waals surface area contributed by atoms with E-state index in [0.29, 0.717) is 34.7 Å². The second kappa shape index (κ2) is 7.48. The maximum absolute atomic E-state index is 12.7. The van der Waals surface area contributed by atoms with Gasteiger partial charge in [0.05, 0.1) is 22.6 Å². The van der Waals surface area contributed by atoms with Crippen LogP contribution < -0.4 is 0 Å². The van der Waals surface area contributed by atoms with Crippen molar-refractivity contribution in [3.8, 4) is 6.07 Å². The number of rotatable bonds is 2. The van der Waals surface area contributed by atoms with E-state index in [2.05, 4.69) is 0 Å². The Morgan fingerprint density at radius 3 is 2.46 bits per heavy atom. The zero-order valence-electron chi connectivity index (χ0n) is 13.9. The van der Waals surface area contributed by atoms with E-state index in [1.165, 1.54) is 0 Å². The molecule has 1 heterocycles. The highest BCUT2D eigenvalue weighted by molar-refractivity contribution is 7.91. The van der Waals surface area contributed by atoms with E-state index >= 15 is 0 Å². The van der Waals surface area contributed by atoms with Crippen LogP contribution in [-0.4, -0.2) is 38.1 Å². The van der Waals surface area contributed by atoms with Gasteiger partial charge in [-0.2, -0.15) is 5.26 Å². The lowest BCUT2D eigenvalue weighted by Crippen LogP contribution is -2.33. The molecule has 2 aromatic carbocycles. The zero-order chi connectivity index (χ0) is 18.7. The van der Waals surface area contributed by atoms with Gasteiger partial charge in [-0.05, 0) is 42.3 Å². The molecule has 1 aliphatic rings. The predicted molar refractivity (Wildman–Crippen MR) is 99.7 cm³/mol. The van der Waals surface area contributed by atoms with Gasteiger partial charge in [0.1, 0.15) is 0 Å². The third-order valence-corrected chi connectivity index (χ3v) is 6.99. The van der Waals surface area contributed by atoms with Crippen molar-refractivity contribution in [1.29, 1.82) is 5.26 Å². The van der Waals surface area contributed by atoms with Crippen LogP contribution in [0.2, 0.25) is 5.02 Å². The molecule has 0 aliphatic carbocycles. The van der Waals surface area contributed by atoms with Gasteiger partial charge in [-0.1, -0.05) is 29.8 Å². The van der Waals surface area contributed by atoms with Crippen molar-refractivity contribution in [2.24, 2.45) is 0 Å². The summed E-state index contributed by atoms with van der Waals surface area (Å²) in [6.07, 6.45) is 0.300. The summed E-state index contributed by atoms with van der Waals surface area (Å²) in [5.74, 6) is -0.338. The van der Waals surface area contributed by atoms with Crippen molar-refractivity contribution < 1.29 is 13.2 Å². The minimum atomic E-state index is -3.42. The highest BCUT2D eigenvalue weighted by Gasteiger charge is 2.33. The van der Waals surface area contributed by atoms with E-state index in [0.717, 1.165) is 0 Å². The minimum absolute atomic E-state index is 0.106. The summed E-state index contributed by atoms with van der Waals surface area (Å²) in [6, 6.07) is 15.3. The van der Waals surface area contributed by atoms with Gasteiger partial charge in [-0.3, -0.25) is 4.79 Å². The first-order valence-electron chi connectivity index (χ1n) is 8.18. The van der Waals surface area contributed by atoms with Crippen molar-refractivity contribution in [3.63, 3.8) is 0 Å². The van der Waals surface area contributed by atoms with Crippen molar-refractivity contribution in [2.45, 2.75) is 11.7 Å². The first-order chi connectivity index (χ1) is 12.4. The lowest BCUT2D eigenvalue weighted by Gasteiger charge is -2.20. The third kappa shape index (κ3) is 3.74. The van der Waals surface area contributed by atoms with Gasteiger partial charge in [-0.25, -0.2) is 8.42 Å². The lowest BCUT2D eigenvalue weighted by atomic mass is 10.1. The Morgan fingerprint density at radius 1 is 1.12 bits per heavy atom. The largest absolute Gasteiger partial charge is 0.338 e. The Hall–Kier alpha value is -2.36. The number of sulfone groups is 1. The molecule has 7 heteroatoms. The molecule has 1 fully saturated rings. The van der Waals surface area contributed by atoms with Crippen molar-refractivity contribution in [1.82, 2.24) is 4.90 Å². The monoisotopic (exact) mass is 388 g/mol. The molecular formula is C19H17ClN2O3S. The maximum Gasteiger partial charge on any atom is 0.253 e. The number of carbonyl (C=O) groups excluding carboxylic acids is 1. The lowest BCUT2D eigenvalue weighted by molar-refractivity contribution is 0.0766. The number of amides is 1. The molecule has 0 aromatic heterocycles. The van der Waals surface area contributed by atoms with Gasteiger partial charge in [0.15, 0.2) is 9.84 Å². The number of nitrogens with zero attached hydrogens (tertiary/aromatic N) is 2. The van der Waals surface area contributed by atoms with Gasteiger partial charge in [-0.15, -0.1) is 0 Å². The second-order valence-corrected chi connectivity index (χ2v) is 8.86. The Balaban J connectivity index is 1.83. The molecule has 3 rings (SSSR count). The fraction of sp³-hybridized carbons (Fsp3) is 0.263. The molecule has 1 amide bonds. The molecule has 0 bridgehead atoms. The first-order valence-corrected chi connectivity index (χ1v) is 10.3. The van der Waals surface area contributed by atoms with Crippen LogP contribution in [-0.2, 0) is 9.84 Å². The van der Waals surface area contributed by atoms with E-state index < -0.39 is 15.1 Å². The van der Waals surface area contributed by atoms with Gasteiger partial charge in [0, 0.05) is 23.7 Å². The standard InChI is InChI=1S/C19H17ClN2O3S/c20-17-4-2-1-3-16(17)18-9-10-22(11-12-26(18,24)25)19(23)15-7-5-14(13-21)6-8-15/h1-8,18H,9-12H2. The van der Waals surface area contributed by atoms with Gasteiger partial charge in [0.2, 0.25) is 0 Å². The fourth-order valence-electron chi connectivity index (χ4n) is 3.10. The van der Waals surface area contributed by atoms with Crippen LogP contribution >= 0.6 is 11.6 Å². The molecule has 0 saturated carbocycles. The van der Waals surface area contributed by atoms with Crippen LogP contribution in [0, 0.1) is 11.3 Å². The summed E-state index contributed by atoms with van der Waals surface area (Å²) in [5.41, 5.74) is 1.50. The minimum Gasteiger partial charge on any atom is -0.338 e. The predicted octanol–water partition coefficient (Wildman–Crippen LogP) is 3.21. The van der Waals surface area contributed by atoms with Crippen molar-refractivity contribution in [3.05, 3.63) is 70.2 Å². The number of nitriles is 1. The SMILES string of the molecule is N#Cc1ccc(C(=O)N2CCC(c3ccccc3Cl)S(=O)(=O)CC2)cc1. The van der Waals surface area contributed by atoms with Crippen LogP contribution in [0.3, 0.4) is 0 Å². The van der Waals surface area contributed by atoms with Crippen molar-refractivity contribution in [2.75, 3.05) is 18.8 Å². The summed E-state index contributed by atoms with van der Waals surface area (Å²) in [5, 5.41) is 8.56. The van der Waals surface area contributed by atoms with E-state index in [4.69, 9.17) is 16.9 Å². The molecule has 2 aromatic rings. The van der Waals surface area contributed by atoms with Gasteiger partial charge in [0.25, 0.3) is 5.91 Å². The molecule has 5 nitrogen and oxygen atoms in total. The quantitative estimate of drug-likeness (QED) is 0.791. The number of halogens is 1. The molecule has 26 heavy (non-hydrogen) atoms. The van der Waals surface area contributed by atoms with Gasteiger partial charge < -0.3 is 4.90 Å². The van der Waals surface area contributed by atoms with Crippen LogP contribution in [0.1, 0.15) is 33.2 Å². The average Bonchev–Trinajstić information content (AvgIpc) is 2.80. The third-order valence-electron chi connectivity index (χ3n) is 4.54. The van der Waals surface area contributed by atoms with E-state index in [9.17, 15) is 13.2 Å². The van der Waals surface area contributed by atoms with Crippen LogP contribution in [0.25, 0.3) is 0 Å². The number of benzene rings is 2. The molecule has 1 unspecified atom stereocenters. The summed E-state index contributed by atoms with van der Waals surface area (Å²) in [7, 11) is -3.42. The van der Waals surface area contributed by atoms with E-state index in [1.54, 1.807) is 53.4 Å². The number of hydrogen-bond donors (Lipinski definition) is 0. The summed E-state index contributed by atoms with van der Waals surface area (Å²) in [6.45, 7) is 0.468. The van der Waals surface area contributed by atoms with Crippen LogP contribution in [0.15, 0.2) is 48.5 Å². The molecule has 0 N–H and O–H groups in total.